The van der Waals surface area contributed by atoms with E-state index in [-0.39, 0.29) is 54.6 Å². The van der Waals surface area contributed by atoms with Crippen LogP contribution in [0.5, 0.6) is 0 Å². The molecule has 1 fully saturated rings. The first-order valence-electron chi connectivity index (χ1n) is 9.45. The van der Waals surface area contributed by atoms with Gasteiger partial charge in [-0.15, -0.1) is 11.3 Å². The van der Waals surface area contributed by atoms with Gasteiger partial charge in [-0.25, -0.2) is 27.9 Å². The van der Waals surface area contributed by atoms with Crippen LogP contribution in [0.3, 0.4) is 0 Å². The van der Waals surface area contributed by atoms with Crippen LogP contribution in [0.1, 0.15) is 39.4 Å². The third-order valence-electron chi connectivity index (χ3n) is 4.95. The summed E-state index contributed by atoms with van der Waals surface area (Å²) in [4.78, 5) is 33.9. The van der Waals surface area contributed by atoms with Crippen LogP contribution < -0.4 is 10.2 Å². The van der Waals surface area contributed by atoms with Crippen LogP contribution in [0.15, 0.2) is 29.6 Å². The number of carboxylic acids is 1. The fourth-order valence-electron chi connectivity index (χ4n) is 3.43. The molecule has 0 aliphatic carbocycles. The van der Waals surface area contributed by atoms with E-state index in [2.05, 4.69) is 15.3 Å². The number of hydrogen-bond donors (Lipinski definition) is 2. The molecule has 0 saturated carbocycles. The van der Waals surface area contributed by atoms with Gasteiger partial charge in [-0.2, -0.15) is 0 Å². The number of amides is 1. The molecule has 1 aromatic carbocycles. The number of anilines is 2. The summed E-state index contributed by atoms with van der Waals surface area (Å²) in [6.45, 7) is 0.254. The first-order valence-corrected chi connectivity index (χ1v) is 10.3. The molecule has 3 aromatic rings. The van der Waals surface area contributed by atoms with E-state index in [0.717, 1.165) is 11.3 Å². The molecule has 0 unspecified atom stereocenters. The Hall–Kier alpha value is -3.21. The molecule has 31 heavy (non-hydrogen) atoms. The van der Waals surface area contributed by atoms with Gasteiger partial charge in [0.05, 0.1) is 11.1 Å². The van der Waals surface area contributed by atoms with E-state index in [0.29, 0.717) is 10.9 Å². The maximum absolute atomic E-state index is 13.8. The normalized spacial score (nSPS) is 16.2. The number of alkyl halides is 2. The van der Waals surface area contributed by atoms with E-state index >= 15 is 0 Å². The number of carboxylic acid groups (broad SMARTS) is 1. The van der Waals surface area contributed by atoms with Gasteiger partial charge in [-0.1, -0.05) is 0 Å². The second-order valence-electron chi connectivity index (χ2n) is 7.19. The van der Waals surface area contributed by atoms with Crippen LogP contribution in [0.4, 0.5) is 24.8 Å². The van der Waals surface area contributed by atoms with Crippen LogP contribution in [-0.2, 0) is 0 Å². The summed E-state index contributed by atoms with van der Waals surface area (Å²) >= 11 is 0.857. The van der Waals surface area contributed by atoms with Crippen molar-refractivity contribution < 1.29 is 27.9 Å². The topological polar surface area (TPSA) is 95.4 Å². The quantitative estimate of drug-likeness (QED) is 0.612. The fourth-order valence-corrected chi connectivity index (χ4v) is 4.01. The maximum Gasteiger partial charge on any atom is 0.365 e. The van der Waals surface area contributed by atoms with Gasteiger partial charge in [-0.05, 0) is 24.6 Å². The van der Waals surface area contributed by atoms with E-state index in [1.54, 1.807) is 4.90 Å². The van der Waals surface area contributed by atoms with Gasteiger partial charge in [-0.3, -0.25) is 4.79 Å². The van der Waals surface area contributed by atoms with E-state index in [1.807, 2.05) is 0 Å². The highest BCUT2D eigenvalue weighted by Crippen LogP contribution is 2.32. The van der Waals surface area contributed by atoms with Crippen LogP contribution >= 0.6 is 11.3 Å². The highest BCUT2D eigenvalue weighted by Gasteiger charge is 2.33. The van der Waals surface area contributed by atoms with E-state index in [4.69, 9.17) is 5.11 Å². The summed E-state index contributed by atoms with van der Waals surface area (Å²) in [5, 5.41) is 13.2. The third-order valence-corrected chi connectivity index (χ3v) is 5.78. The van der Waals surface area contributed by atoms with E-state index < -0.39 is 23.6 Å². The highest BCUT2D eigenvalue weighted by atomic mass is 32.1. The second-order valence-corrected chi connectivity index (χ2v) is 8.05. The number of thiazole rings is 1. The zero-order chi connectivity index (χ0) is 22.2. The molecule has 0 atom stereocenters. The van der Waals surface area contributed by atoms with Gasteiger partial charge in [0.15, 0.2) is 0 Å². The Bertz CT molecular complexity index is 1170. The lowest BCUT2D eigenvalue weighted by Crippen LogP contribution is -2.29. The van der Waals surface area contributed by atoms with E-state index in [9.17, 15) is 22.8 Å². The smallest absolute Gasteiger partial charge is 0.365 e. The Kier molecular flexibility index (Phi) is 5.52. The monoisotopic (exact) mass is 450 g/mol. The average molecular weight is 450 g/mol. The molecule has 3 heterocycles. The van der Waals surface area contributed by atoms with Crippen molar-refractivity contribution >= 4 is 45.8 Å². The number of rotatable bonds is 4. The fraction of sp³-hybridized carbons (Fsp3) is 0.300. The molecule has 7 nitrogen and oxygen atoms in total. The van der Waals surface area contributed by atoms with Gasteiger partial charge in [0, 0.05) is 42.8 Å². The molecule has 11 heteroatoms. The number of nitrogens with one attached hydrogen (secondary N) is 1. The Morgan fingerprint density at radius 2 is 1.97 bits per heavy atom. The number of fused-ring (bicyclic) bond motifs is 1. The van der Waals surface area contributed by atoms with Gasteiger partial charge < -0.3 is 15.3 Å². The number of carbonyl (C=O) groups excluding carboxylic acids is 1. The number of pyridine rings is 1. The van der Waals surface area contributed by atoms with Crippen molar-refractivity contribution in [1.29, 1.82) is 0 Å². The predicted molar refractivity (Wildman–Crippen MR) is 110 cm³/mol. The largest absolute Gasteiger partial charge is 0.476 e. The number of benzene rings is 1. The Labute approximate surface area is 178 Å². The molecule has 162 valence electrons. The molecule has 1 saturated heterocycles. The lowest BCUT2D eigenvalue weighted by atomic mass is 10.1. The van der Waals surface area contributed by atoms with Crippen molar-refractivity contribution in [3.63, 3.8) is 0 Å². The Morgan fingerprint density at radius 3 is 2.71 bits per heavy atom. The standard InChI is InChI=1S/C20H17F3N4O3S/c21-12-3-2-11-8-13(17(28)25-15-10-31-18(26-15)19(29)30)16(24-14(11)9-12)27-6-1-4-20(22,23)5-7-27/h2-3,8-10H,1,4-7H2,(H,25,28)(H,29,30). The van der Waals surface area contributed by atoms with Crippen molar-refractivity contribution in [2.75, 3.05) is 23.3 Å². The second kappa shape index (κ2) is 8.14. The number of aromatic carboxylic acids is 1. The summed E-state index contributed by atoms with van der Waals surface area (Å²) in [6, 6.07) is 5.43. The summed E-state index contributed by atoms with van der Waals surface area (Å²) in [5.74, 6) is -4.91. The molecule has 2 N–H and O–H groups in total. The lowest BCUT2D eigenvalue weighted by Gasteiger charge is -2.24. The number of halogens is 3. The van der Waals surface area contributed by atoms with E-state index in [1.165, 1.54) is 29.6 Å². The first-order chi connectivity index (χ1) is 14.7. The summed E-state index contributed by atoms with van der Waals surface area (Å²) < 4.78 is 41.4. The van der Waals surface area contributed by atoms with Crippen molar-refractivity contribution in [3.8, 4) is 0 Å². The minimum absolute atomic E-state index is 0.0129. The van der Waals surface area contributed by atoms with Gasteiger partial charge in [0.2, 0.25) is 10.9 Å². The van der Waals surface area contributed by atoms with Gasteiger partial charge in [0.1, 0.15) is 17.5 Å². The average Bonchev–Trinajstić information content (AvgIpc) is 3.10. The minimum atomic E-state index is -2.80. The molecular weight excluding hydrogens is 433 g/mol. The minimum Gasteiger partial charge on any atom is -0.476 e. The Balaban J connectivity index is 1.72. The summed E-state index contributed by atoms with van der Waals surface area (Å²) in [7, 11) is 0. The van der Waals surface area contributed by atoms with Crippen molar-refractivity contribution in [2.24, 2.45) is 0 Å². The molecule has 1 amide bonds. The predicted octanol–water partition coefficient (Wildman–Crippen LogP) is 4.41. The van der Waals surface area contributed by atoms with Crippen molar-refractivity contribution in [1.82, 2.24) is 9.97 Å². The van der Waals surface area contributed by atoms with Crippen LogP contribution in [-0.4, -0.2) is 46.0 Å². The summed E-state index contributed by atoms with van der Waals surface area (Å²) in [6.07, 6.45) is -0.431. The maximum atomic E-state index is 13.8. The van der Waals surface area contributed by atoms with Gasteiger partial charge >= 0.3 is 5.97 Å². The number of carbonyl (C=O) groups is 2. The number of nitrogens with zero attached hydrogens (tertiary/aromatic N) is 3. The molecule has 0 radical (unpaired) electrons. The first kappa shape index (κ1) is 21.0. The lowest BCUT2D eigenvalue weighted by molar-refractivity contribution is -0.0102. The molecule has 4 rings (SSSR count). The molecule has 0 spiro atoms. The summed E-state index contributed by atoms with van der Waals surface area (Å²) in [5.41, 5.74) is 0.401. The van der Waals surface area contributed by atoms with Crippen molar-refractivity contribution in [2.45, 2.75) is 25.2 Å². The molecule has 0 bridgehead atoms. The molecule has 1 aliphatic rings. The molecule has 1 aliphatic heterocycles. The molecule has 2 aromatic heterocycles. The third kappa shape index (κ3) is 4.61. The van der Waals surface area contributed by atoms with Crippen molar-refractivity contribution in [3.05, 3.63) is 46.0 Å². The Morgan fingerprint density at radius 1 is 1.16 bits per heavy atom. The zero-order valence-electron chi connectivity index (χ0n) is 16.1. The van der Waals surface area contributed by atoms with Crippen LogP contribution in [0.2, 0.25) is 0 Å². The number of hydrogen-bond acceptors (Lipinski definition) is 6. The zero-order valence-corrected chi connectivity index (χ0v) is 16.9. The highest BCUT2D eigenvalue weighted by molar-refractivity contribution is 7.12. The van der Waals surface area contributed by atoms with Crippen LogP contribution in [0, 0.1) is 5.82 Å². The number of aromatic nitrogens is 2. The SMILES string of the molecule is O=C(O)c1nc(NC(=O)c2cc3ccc(F)cc3nc2N2CCCC(F)(F)CC2)cs1. The van der Waals surface area contributed by atoms with Gasteiger partial charge in [0.25, 0.3) is 5.91 Å². The van der Waals surface area contributed by atoms with Crippen LogP contribution in [0.25, 0.3) is 10.9 Å². The molecular formula is C20H17F3N4O3S.